The quantitative estimate of drug-likeness (QED) is 0.865. The summed E-state index contributed by atoms with van der Waals surface area (Å²) < 4.78 is 2.26. The predicted molar refractivity (Wildman–Crippen MR) is 72.1 cm³/mol. The third kappa shape index (κ3) is 1.88. The molecule has 1 aromatic heterocycles. The molecule has 18 heavy (non-hydrogen) atoms. The van der Waals surface area contributed by atoms with Gasteiger partial charge in [-0.05, 0) is 24.7 Å². The molecule has 3 rings (SSSR count). The van der Waals surface area contributed by atoms with Gasteiger partial charge >= 0.3 is 0 Å². The zero-order chi connectivity index (χ0) is 12.8. The molecule has 2 N–H and O–H groups in total. The summed E-state index contributed by atoms with van der Waals surface area (Å²) >= 11 is 0. The molecule has 0 amide bonds. The number of imidazole rings is 1. The van der Waals surface area contributed by atoms with E-state index in [1.165, 1.54) is 25.1 Å². The second-order valence-electron chi connectivity index (χ2n) is 6.73. The average Bonchev–Trinajstić information content (AvgIpc) is 2.92. The van der Waals surface area contributed by atoms with E-state index in [9.17, 15) is 0 Å². The zero-order valence-electron chi connectivity index (χ0n) is 11.5. The molecule has 1 atom stereocenters. The van der Waals surface area contributed by atoms with Gasteiger partial charge in [-0.1, -0.05) is 13.8 Å². The zero-order valence-corrected chi connectivity index (χ0v) is 11.5. The van der Waals surface area contributed by atoms with Crippen molar-refractivity contribution in [3.8, 4) is 0 Å². The van der Waals surface area contributed by atoms with Gasteiger partial charge in [0.2, 0.25) is 0 Å². The van der Waals surface area contributed by atoms with Crippen LogP contribution >= 0.6 is 0 Å². The van der Waals surface area contributed by atoms with Gasteiger partial charge in [0, 0.05) is 37.6 Å². The first kappa shape index (κ1) is 12.2. The predicted octanol–water partition coefficient (Wildman–Crippen LogP) is 1.61. The number of aromatic nitrogens is 2. The lowest BCUT2D eigenvalue weighted by Crippen LogP contribution is -2.54. The largest absolute Gasteiger partial charge is 0.333 e. The van der Waals surface area contributed by atoms with Crippen LogP contribution in [0.4, 0.5) is 0 Å². The van der Waals surface area contributed by atoms with Gasteiger partial charge in [-0.2, -0.15) is 0 Å². The number of rotatable bonds is 2. The minimum Gasteiger partial charge on any atom is -0.333 e. The van der Waals surface area contributed by atoms with E-state index in [1.54, 1.807) is 0 Å². The highest BCUT2D eigenvalue weighted by Gasteiger charge is 2.46. The summed E-state index contributed by atoms with van der Waals surface area (Å²) in [6.07, 6.45) is 7.73. The second-order valence-corrected chi connectivity index (χ2v) is 6.73. The van der Waals surface area contributed by atoms with Crippen LogP contribution in [-0.4, -0.2) is 33.1 Å². The van der Waals surface area contributed by atoms with E-state index < -0.39 is 0 Å². The maximum Gasteiger partial charge on any atom is 0.122 e. The summed E-state index contributed by atoms with van der Waals surface area (Å²) in [6.45, 7) is 8.64. The highest BCUT2D eigenvalue weighted by atomic mass is 15.3. The molecule has 2 aliphatic rings. The first-order valence-electron chi connectivity index (χ1n) is 7.00. The van der Waals surface area contributed by atoms with Crippen molar-refractivity contribution in [3.05, 3.63) is 18.2 Å². The Bertz CT molecular complexity index is 437. The number of fused-ring (bicyclic) bond motifs is 1. The fraction of sp³-hybridized carbons (Fsp3) is 0.786. The third-order valence-corrected chi connectivity index (χ3v) is 4.87. The molecule has 0 saturated heterocycles. The minimum atomic E-state index is 0.209. The summed E-state index contributed by atoms with van der Waals surface area (Å²) in [5.41, 5.74) is 6.79. The summed E-state index contributed by atoms with van der Waals surface area (Å²) in [5.74, 6) is 1.19. The Morgan fingerprint density at radius 2 is 2.17 bits per heavy atom. The Balaban J connectivity index is 1.82. The molecule has 0 spiro atoms. The first-order valence-corrected chi connectivity index (χ1v) is 7.00. The van der Waals surface area contributed by atoms with Gasteiger partial charge in [0.25, 0.3) is 0 Å². The highest BCUT2D eigenvalue weighted by Crippen LogP contribution is 2.46. The Labute approximate surface area is 109 Å². The van der Waals surface area contributed by atoms with Crippen LogP contribution < -0.4 is 5.73 Å². The van der Waals surface area contributed by atoms with Crippen LogP contribution in [0.1, 0.15) is 38.9 Å². The van der Waals surface area contributed by atoms with Gasteiger partial charge < -0.3 is 10.3 Å². The summed E-state index contributed by atoms with van der Waals surface area (Å²) in [7, 11) is 0. The first-order chi connectivity index (χ1) is 8.55. The Hall–Kier alpha value is -0.870. The molecule has 0 bridgehead atoms. The van der Waals surface area contributed by atoms with E-state index in [0.29, 0.717) is 5.41 Å². The van der Waals surface area contributed by atoms with Crippen LogP contribution in [0.25, 0.3) is 0 Å². The lowest BCUT2D eigenvalue weighted by molar-refractivity contribution is 0.0594. The van der Waals surface area contributed by atoms with E-state index in [-0.39, 0.29) is 5.54 Å². The molecular weight excluding hydrogens is 224 g/mol. The standard InChI is InChI=1S/C14H24N4/c1-13(2)3-4-14(10-13,11-15)18-8-7-17-6-5-16-12(17)9-18/h5-6H,3-4,7-11,15H2,1-2H3. The molecule has 4 nitrogen and oxygen atoms in total. The van der Waals surface area contributed by atoms with Gasteiger partial charge in [-0.3, -0.25) is 4.90 Å². The van der Waals surface area contributed by atoms with Gasteiger partial charge in [-0.15, -0.1) is 0 Å². The molecule has 100 valence electrons. The number of nitrogens with two attached hydrogens (primary N) is 1. The van der Waals surface area contributed by atoms with E-state index in [1.807, 2.05) is 6.20 Å². The Morgan fingerprint density at radius 3 is 2.83 bits per heavy atom. The average molecular weight is 248 g/mol. The molecule has 1 aromatic rings. The van der Waals surface area contributed by atoms with Gasteiger partial charge in [-0.25, -0.2) is 4.98 Å². The van der Waals surface area contributed by atoms with Crippen LogP contribution in [0.3, 0.4) is 0 Å². The summed E-state index contributed by atoms with van der Waals surface area (Å²) in [4.78, 5) is 7.05. The topological polar surface area (TPSA) is 47.1 Å². The molecule has 2 heterocycles. The van der Waals surface area contributed by atoms with Gasteiger partial charge in [0.1, 0.15) is 5.82 Å². The van der Waals surface area contributed by atoms with Crippen LogP contribution in [-0.2, 0) is 13.1 Å². The molecule has 1 saturated carbocycles. The lowest BCUT2D eigenvalue weighted by Gasteiger charge is -2.43. The normalized spacial score (nSPS) is 31.5. The summed E-state index contributed by atoms with van der Waals surface area (Å²) in [5, 5.41) is 0. The van der Waals surface area contributed by atoms with Gasteiger partial charge in [0.05, 0.1) is 6.54 Å². The van der Waals surface area contributed by atoms with E-state index in [4.69, 9.17) is 5.73 Å². The fourth-order valence-corrected chi connectivity index (χ4v) is 3.79. The van der Waals surface area contributed by atoms with Crippen molar-refractivity contribution in [3.63, 3.8) is 0 Å². The van der Waals surface area contributed by atoms with Crippen LogP contribution in [0, 0.1) is 5.41 Å². The molecule has 1 aliphatic carbocycles. The molecule has 1 unspecified atom stereocenters. The maximum absolute atomic E-state index is 6.15. The van der Waals surface area contributed by atoms with Crippen molar-refractivity contribution in [2.45, 2.75) is 51.7 Å². The van der Waals surface area contributed by atoms with Crippen LogP contribution in [0.5, 0.6) is 0 Å². The van der Waals surface area contributed by atoms with Crippen molar-refractivity contribution >= 4 is 0 Å². The van der Waals surface area contributed by atoms with Gasteiger partial charge in [0.15, 0.2) is 0 Å². The van der Waals surface area contributed by atoms with E-state index in [0.717, 1.165) is 26.2 Å². The van der Waals surface area contributed by atoms with Crippen molar-refractivity contribution < 1.29 is 0 Å². The monoisotopic (exact) mass is 248 g/mol. The number of nitrogens with zero attached hydrogens (tertiary/aromatic N) is 3. The van der Waals surface area contributed by atoms with Crippen molar-refractivity contribution in [2.24, 2.45) is 11.1 Å². The minimum absolute atomic E-state index is 0.209. The molecular formula is C14H24N4. The maximum atomic E-state index is 6.15. The molecule has 0 aromatic carbocycles. The van der Waals surface area contributed by atoms with Crippen molar-refractivity contribution in [1.82, 2.24) is 14.5 Å². The Kier molecular flexibility index (Phi) is 2.75. The molecule has 1 fully saturated rings. The van der Waals surface area contributed by atoms with Crippen LogP contribution in [0.2, 0.25) is 0 Å². The van der Waals surface area contributed by atoms with Crippen molar-refractivity contribution in [2.75, 3.05) is 13.1 Å². The van der Waals surface area contributed by atoms with E-state index in [2.05, 4.69) is 34.5 Å². The lowest BCUT2D eigenvalue weighted by atomic mass is 9.86. The third-order valence-electron chi connectivity index (χ3n) is 4.87. The molecule has 0 radical (unpaired) electrons. The molecule has 1 aliphatic heterocycles. The highest BCUT2D eigenvalue weighted by molar-refractivity contribution is 5.06. The Morgan fingerprint density at radius 1 is 1.33 bits per heavy atom. The SMILES string of the molecule is CC1(C)CCC(CN)(N2CCn3ccnc3C2)C1. The van der Waals surface area contributed by atoms with E-state index >= 15 is 0 Å². The smallest absolute Gasteiger partial charge is 0.122 e. The van der Waals surface area contributed by atoms with Crippen molar-refractivity contribution in [1.29, 1.82) is 0 Å². The summed E-state index contributed by atoms with van der Waals surface area (Å²) in [6, 6.07) is 0. The fourth-order valence-electron chi connectivity index (χ4n) is 3.79. The second kappa shape index (κ2) is 4.07. The number of hydrogen-bond acceptors (Lipinski definition) is 3. The van der Waals surface area contributed by atoms with Crippen LogP contribution in [0.15, 0.2) is 12.4 Å². The number of hydrogen-bond donors (Lipinski definition) is 1. The molecule has 4 heteroatoms.